The van der Waals surface area contributed by atoms with E-state index >= 15 is 0 Å². The Morgan fingerprint density at radius 3 is 2.43 bits per heavy atom. The van der Waals surface area contributed by atoms with Crippen LogP contribution in [0.4, 0.5) is 0 Å². The maximum atomic E-state index is 8.67. The molecule has 0 saturated heterocycles. The van der Waals surface area contributed by atoms with Crippen molar-refractivity contribution in [3.63, 3.8) is 0 Å². The predicted octanol–water partition coefficient (Wildman–Crippen LogP) is 3.56. The molecule has 76 valence electrons. The average molecular weight is 210 g/mol. The van der Waals surface area contributed by atoms with Gasteiger partial charge in [-0.3, -0.25) is 5.26 Å². The van der Waals surface area contributed by atoms with E-state index in [9.17, 15) is 0 Å². The van der Waals surface area contributed by atoms with Gasteiger partial charge in [0.2, 0.25) is 0 Å². The zero-order chi connectivity index (χ0) is 10.6. The summed E-state index contributed by atoms with van der Waals surface area (Å²) in [5.74, 6) is 0. The highest BCUT2D eigenvalue weighted by Gasteiger charge is 2.23. The molecular weight excluding hydrogens is 196 g/mol. The third-order valence-corrected chi connectivity index (χ3v) is 3.13. The molecule has 14 heavy (non-hydrogen) atoms. The summed E-state index contributed by atoms with van der Waals surface area (Å²) < 4.78 is 0. The van der Waals surface area contributed by atoms with E-state index in [0.717, 1.165) is 9.80 Å². The molecule has 1 rings (SSSR count). The molecule has 1 N–H and O–H groups in total. The van der Waals surface area contributed by atoms with E-state index in [4.69, 9.17) is 5.26 Å². The molecule has 1 aromatic carbocycles. The van der Waals surface area contributed by atoms with E-state index in [-0.39, 0.29) is 0 Å². The van der Waals surface area contributed by atoms with Crippen LogP contribution in [0.15, 0.2) is 46.7 Å². The Labute approximate surface area is 88.5 Å². The summed E-state index contributed by atoms with van der Waals surface area (Å²) in [6.07, 6.45) is 0. The topological polar surface area (TPSA) is 29.5 Å². The molecule has 0 fully saturated rings. The zero-order valence-electron chi connectivity index (χ0n) is 8.36. The lowest BCUT2D eigenvalue weighted by Gasteiger charge is -2.22. The predicted molar refractivity (Wildman–Crippen MR) is 59.2 cm³/mol. The molecule has 0 amide bonds. The molecule has 0 heterocycles. The average Bonchev–Trinajstić information content (AvgIpc) is 2.19. The quantitative estimate of drug-likeness (QED) is 0.468. The van der Waals surface area contributed by atoms with Gasteiger partial charge in [-0.25, -0.2) is 4.89 Å². The van der Waals surface area contributed by atoms with Crippen molar-refractivity contribution in [2.24, 2.45) is 0 Å². The Bertz CT molecular complexity index is 306. The lowest BCUT2D eigenvalue weighted by molar-refractivity contribution is -0.298. The maximum Gasteiger partial charge on any atom is 0.128 e. The second-order valence-corrected chi connectivity index (χ2v) is 4.61. The van der Waals surface area contributed by atoms with Crippen LogP contribution in [-0.2, 0) is 4.89 Å². The van der Waals surface area contributed by atoms with Crippen molar-refractivity contribution in [1.82, 2.24) is 0 Å². The normalized spacial score (nSPS) is 11.4. The summed E-state index contributed by atoms with van der Waals surface area (Å²) in [5, 5.41) is 8.67. The van der Waals surface area contributed by atoms with E-state index in [1.807, 2.05) is 30.3 Å². The van der Waals surface area contributed by atoms with Crippen molar-refractivity contribution in [1.29, 1.82) is 0 Å². The molecule has 0 radical (unpaired) electrons. The minimum atomic E-state index is -0.722. The Morgan fingerprint density at radius 2 is 1.93 bits per heavy atom. The van der Waals surface area contributed by atoms with Crippen LogP contribution in [0.2, 0.25) is 0 Å². The van der Waals surface area contributed by atoms with E-state index in [1.54, 1.807) is 13.8 Å². The number of hydrogen-bond donors (Lipinski definition) is 1. The SMILES string of the molecule is C=C(Sc1ccccc1)C(C)(C)OO. The molecule has 0 aromatic heterocycles. The van der Waals surface area contributed by atoms with E-state index in [2.05, 4.69) is 11.5 Å². The van der Waals surface area contributed by atoms with Gasteiger partial charge in [0, 0.05) is 9.80 Å². The van der Waals surface area contributed by atoms with Gasteiger partial charge in [0.1, 0.15) is 5.60 Å². The fourth-order valence-electron chi connectivity index (χ4n) is 0.805. The Kier molecular flexibility index (Phi) is 3.75. The van der Waals surface area contributed by atoms with Crippen LogP contribution in [0, 0.1) is 0 Å². The van der Waals surface area contributed by atoms with Crippen molar-refractivity contribution in [2.75, 3.05) is 0 Å². The van der Waals surface area contributed by atoms with Crippen molar-refractivity contribution in [3.05, 3.63) is 41.8 Å². The molecule has 0 saturated carbocycles. The van der Waals surface area contributed by atoms with Crippen LogP contribution >= 0.6 is 11.8 Å². The maximum absolute atomic E-state index is 8.67. The van der Waals surface area contributed by atoms with Gasteiger partial charge in [-0.2, -0.15) is 0 Å². The van der Waals surface area contributed by atoms with Crippen molar-refractivity contribution in [3.8, 4) is 0 Å². The van der Waals surface area contributed by atoms with E-state index in [1.165, 1.54) is 11.8 Å². The fraction of sp³-hybridized carbons (Fsp3) is 0.273. The number of thioether (sulfide) groups is 1. The van der Waals surface area contributed by atoms with Gasteiger partial charge in [0.05, 0.1) is 0 Å². The van der Waals surface area contributed by atoms with E-state index in [0.29, 0.717) is 0 Å². The fourth-order valence-corrected chi connectivity index (χ4v) is 1.67. The van der Waals surface area contributed by atoms with Crippen LogP contribution in [0.25, 0.3) is 0 Å². The molecule has 3 heteroatoms. The van der Waals surface area contributed by atoms with Gasteiger partial charge in [-0.1, -0.05) is 36.5 Å². The summed E-state index contributed by atoms with van der Waals surface area (Å²) in [4.78, 5) is 6.21. The van der Waals surface area contributed by atoms with Crippen molar-refractivity contribution in [2.45, 2.75) is 24.3 Å². The van der Waals surface area contributed by atoms with Gasteiger partial charge in [-0.05, 0) is 26.0 Å². The second kappa shape index (κ2) is 4.64. The first-order valence-corrected chi connectivity index (χ1v) is 5.13. The van der Waals surface area contributed by atoms with Crippen LogP contribution in [0.3, 0.4) is 0 Å². The monoisotopic (exact) mass is 210 g/mol. The first-order valence-electron chi connectivity index (χ1n) is 4.31. The first-order chi connectivity index (χ1) is 6.56. The molecule has 0 aliphatic rings. The molecular formula is C11H14O2S. The van der Waals surface area contributed by atoms with Crippen molar-refractivity contribution < 1.29 is 10.1 Å². The largest absolute Gasteiger partial charge is 0.251 e. The lowest BCUT2D eigenvalue weighted by Crippen LogP contribution is -2.23. The summed E-state index contributed by atoms with van der Waals surface area (Å²) in [6.45, 7) is 7.41. The van der Waals surface area contributed by atoms with E-state index < -0.39 is 5.60 Å². The molecule has 0 aliphatic carbocycles. The van der Waals surface area contributed by atoms with Crippen LogP contribution in [0.1, 0.15) is 13.8 Å². The van der Waals surface area contributed by atoms with Gasteiger partial charge in [0.15, 0.2) is 0 Å². The second-order valence-electron chi connectivity index (χ2n) is 3.44. The van der Waals surface area contributed by atoms with Crippen LogP contribution < -0.4 is 0 Å². The summed E-state index contributed by atoms with van der Waals surface area (Å²) >= 11 is 1.50. The number of hydrogen-bond acceptors (Lipinski definition) is 3. The summed E-state index contributed by atoms with van der Waals surface area (Å²) in [5.41, 5.74) is -0.722. The third-order valence-electron chi connectivity index (χ3n) is 1.88. The third kappa shape index (κ3) is 2.87. The summed E-state index contributed by atoms with van der Waals surface area (Å²) in [6, 6.07) is 9.86. The lowest BCUT2D eigenvalue weighted by atomic mass is 10.1. The van der Waals surface area contributed by atoms with Crippen molar-refractivity contribution >= 4 is 11.8 Å². The minimum Gasteiger partial charge on any atom is -0.251 e. The summed E-state index contributed by atoms with van der Waals surface area (Å²) in [7, 11) is 0. The number of rotatable bonds is 4. The Hall–Kier alpha value is -0.770. The minimum absolute atomic E-state index is 0.722. The molecule has 1 aromatic rings. The van der Waals surface area contributed by atoms with Crippen LogP contribution in [0.5, 0.6) is 0 Å². The Balaban J connectivity index is 2.67. The molecule has 0 unspecified atom stereocenters. The molecule has 0 atom stereocenters. The van der Waals surface area contributed by atoms with Gasteiger partial charge < -0.3 is 0 Å². The highest BCUT2D eigenvalue weighted by molar-refractivity contribution is 8.03. The molecule has 0 bridgehead atoms. The smallest absolute Gasteiger partial charge is 0.128 e. The molecule has 2 nitrogen and oxygen atoms in total. The van der Waals surface area contributed by atoms with Gasteiger partial charge in [0.25, 0.3) is 0 Å². The number of benzene rings is 1. The van der Waals surface area contributed by atoms with Crippen LogP contribution in [-0.4, -0.2) is 10.9 Å². The van der Waals surface area contributed by atoms with Gasteiger partial charge in [-0.15, -0.1) is 0 Å². The first kappa shape index (κ1) is 11.3. The standard InChI is InChI=1S/C11H14O2S/c1-9(11(2,3)13-12)14-10-7-5-4-6-8-10/h4-8,12H,1H2,2-3H3. The zero-order valence-corrected chi connectivity index (χ0v) is 9.17. The molecule has 0 aliphatic heterocycles. The molecule has 0 spiro atoms. The van der Waals surface area contributed by atoms with Gasteiger partial charge >= 0.3 is 0 Å². The Morgan fingerprint density at radius 1 is 1.36 bits per heavy atom. The highest BCUT2D eigenvalue weighted by Crippen LogP contribution is 2.33. The highest BCUT2D eigenvalue weighted by atomic mass is 32.2.